The summed E-state index contributed by atoms with van der Waals surface area (Å²) >= 11 is 0. The van der Waals surface area contributed by atoms with Crippen molar-refractivity contribution in [2.45, 2.75) is 36.8 Å². The summed E-state index contributed by atoms with van der Waals surface area (Å²) in [6.45, 7) is 0. The molecular formula is C6H10Si2. The van der Waals surface area contributed by atoms with Crippen molar-refractivity contribution < 1.29 is 0 Å². The highest BCUT2D eigenvalue weighted by atomic mass is 28.2. The topological polar surface area (TPSA) is 0 Å². The molecule has 0 unspecified atom stereocenters. The van der Waals surface area contributed by atoms with Crippen molar-refractivity contribution in [3.63, 3.8) is 0 Å². The Morgan fingerprint density at radius 3 is 1.62 bits per heavy atom. The summed E-state index contributed by atoms with van der Waals surface area (Å²) in [5.41, 5.74) is 0. The van der Waals surface area contributed by atoms with E-state index < -0.39 is 0 Å². The first-order valence-corrected chi connectivity index (χ1v) is 4.21. The van der Waals surface area contributed by atoms with Crippen LogP contribution in [0.3, 0.4) is 0 Å². The van der Waals surface area contributed by atoms with Crippen molar-refractivity contribution in [1.29, 1.82) is 0 Å². The lowest BCUT2D eigenvalue weighted by molar-refractivity contribution is 0.470. The van der Waals surface area contributed by atoms with Crippen LogP contribution in [-0.2, 0) is 0 Å². The molecule has 0 atom stereocenters. The fourth-order valence-corrected chi connectivity index (χ4v) is 1.86. The van der Waals surface area contributed by atoms with Crippen molar-refractivity contribution in [2.75, 3.05) is 0 Å². The average Bonchev–Trinajstić information content (AvgIpc) is 1.65. The summed E-state index contributed by atoms with van der Waals surface area (Å²) in [5.74, 6) is 0. The first-order chi connectivity index (χ1) is 3.71. The maximum atomic E-state index is 3.65. The van der Waals surface area contributed by atoms with E-state index in [2.05, 4.69) is 20.5 Å². The van der Waals surface area contributed by atoms with E-state index in [4.69, 9.17) is 0 Å². The van der Waals surface area contributed by atoms with E-state index in [9.17, 15) is 0 Å². The zero-order valence-corrected chi connectivity index (χ0v) is 7.04. The lowest BCUT2D eigenvalue weighted by atomic mass is 9.99. The fraction of sp³-hybridized carbons (Fsp3) is 1.00. The van der Waals surface area contributed by atoms with Crippen molar-refractivity contribution in [3.8, 4) is 0 Å². The second-order valence-electron chi connectivity index (χ2n) is 2.64. The molecule has 6 radical (unpaired) electrons. The maximum Gasteiger partial charge on any atom is 0.0262 e. The quantitative estimate of drug-likeness (QED) is 0.444. The number of hydrogen-bond acceptors (Lipinski definition) is 0. The van der Waals surface area contributed by atoms with E-state index in [0.717, 1.165) is 0 Å². The van der Waals surface area contributed by atoms with Gasteiger partial charge in [0.15, 0.2) is 0 Å². The van der Waals surface area contributed by atoms with E-state index in [1.165, 1.54) is 32.1 Å². The maximum absolute atomic E-state index is 3.65. The van der Waals surface area contributed by atoms with Gasteiger partial charge in [-0.1, -0.05) is 36.8 Å². The molecule has 0 amide bonds. The Hall–Kier alpha value is 0.434. The summed E-state index contributed by atoms with van der Waals surface area (Å²) in [4.78, 5) is 0. The third kappa shape index (κ3) is 1.74. The summed E-state index contributed by atoms with van der Waals surface area (Å²) in [6.07, 6.45) is 6.71. The molecule has 1 saturated carbocycles. The molecule has 1 aliphatic carbocycles. The van der Waals surface area contributed by atoms with Gasteiger partial charge in [0.2, 0.25) is 0 Å². The van der Waals surface area contributed by atoms with Crippen LogP contribution in [0.2, 0.25) is 4.66 Å². The summed E-state index contributed by atoms with van der Waals surface area (Å²) in [5, 5.41) is 0. The van der Waals surface area contributed by atoms with E-state index in [0.29, 0.717) is 0 Å². The van der Waals surface area contributed by atoms with Crippen molar-refractivity contribution >= 4 is 20.5 Å². The summed E-state index contributed by atoms with van der Waals surface area (Å²) < 4.78 is 0.290. The highest BCUT2D eigenvalue weighted by Gasteiger charge is 2.20. The third-order valence-corrected chi connectivity index (χ3v) is 2.71. The molecule has 42 valence electrons. The van der Waals surface area contributed by atoms with Crippen molar-refractivity contribution in [1.82, 2.24) is 0 Å². The molecule has 1 rings (SSSR count). The van der Waals surface area contributed by atoms with Crippen LogP contribution >= 0.6 is 0 Å². The van der Waals surface area contributed by atoms with Crippen LogP contribution in [0.15, 0.2) is 0 Å². The smallest absolute Gasteiger partial charge is 0.0262 e. The van der Waals surface area contributed by atoms with Crippen molar-refractivity contribution in [2.24, 2.45) is 0 Å². The van der Waals surface area contributed by atoms with Crippen LogP contribution in [0, 0.1) is 0 Å². The van der Waals surface area contributed by atoms with Crippen molar-refractivity contribution in [3.05, 3.63) is 0 Å². The fourth-order valence-electron chi connectivity index (χ4n) is 1.16. The first-order valence-electron chi connectivity index (χ1n) is 3.21. The minimum Gasteiger partial charge on any atom is -0.0537 e. The molecule has 0 aromatic heterocycles. The van der Waals surface area contributed by atoms with Gasteiger partial charge >= 0.3 is 0 Å². The predicted octanol–water partition coefficient (Wildman–Crippen LogP) is 1.40. The van der Waals surface area contributed by atoms with Gasteiger partial charge in [0.05, 0.1) is 0 Å². The summed E-state index contributed by atoms with van der Waals surface area (Å²) in [6, 6.07) is 0. The van der Waals surface area contributed by atoms with Gasteiger partial charge in [-0.3, -0.25) is 0 Å². The number of hydrogen-bond donors (Lipinski definition) is 0. The SMILES string of the molecule is [Si]C1([Si])CCCCC1. The molecule has 0 spiro atoms. The van der Waals surface area contributed by atoms with Gasteiger partial charge in [-0.25, -0.2) is 0 Å². The molecule has 0 heterocycles. The molecule has 2 heteroatoms. The Morgan fingerprint density at radius 1 is 0.875 bits per heavy atom. The Kier molecular flexibility index (Phi) is 1.93. The third-order valence-electron chi connectivity index (χ3n) is 1.71. The van der Waals surface area contributed by atoms with E-state index in [-0.39, 0.29) is 4.66 Å². The molecular weight excluding hydrogens is 128 g/mol. The van der Waals surface area contributed by atoms with Crippen LogP contribution < -0.4 is 0 Å². The van der Waals surface area contributed by atoms with Gasteiger partial charge in [-0.15, -0.1) is 0 Å². The number of rotatable bonds is 0. The van der Waals surface area contributed by atoms with Crippen LogP contribution in [0.1, 0.15) is 32.1 Å². The van der Waals surface area contributed by atoms with Gasteiger partial charge < -0.3 is 0 Å². The Labute approximate surface area is 57.9 Å². The lowest BCUT2D eigenvalue weighted by Crippen LogP contribution is -2.16. The highest BCUT2D eigenvalue weighted by Crippen LogP contribution is 2.35. The zero-order chi connectivity index (χ0) is 6.04. The zero-order valence-electron chi connectivity index (χ0n) is 5.04. The van der Waals surface area contributed by atoms with E-state index in [1.807, 2.05) is 0 Å². The minimum absolute atomic E-state index is 0.290. The normalized spacial score (nSPS) is 27.8. The van der Waals surface area contributed by atoms with Gasteiger partial charge in [0.1, 0.15) is 0 Å². The summed E-state index contributed by atoms with van der Waals surface area (Å²) in [7, 11) is 7.31. The Bertz CT molecular complexity index is 70.6. The largest absolute Gasteiger partial charge is 0.0537 e. The second kappa shape index (κ2) is 2.35. The van der Waals surface area contributed by atoms with Gasteiger partial charge in [0, 0.05) is 20.5 Å². The van der Waals surface area contributed by atoms with Crippen LogP contribution in [0.5, 0.6) is 0 Å². The Morgan fingerprint density at radius 2 is 1.38 bits per heavy atom. The Balaban J connectivity index is 2.33. The monoisotopic (exact) mass is 138 g/mol. The van der Waals surface area contributed by atoms with Crippen LogP contribution in [0.25, 0.3) is 0 Å². The molecule has 0 bridgehead atoms. The predicted molar refractivity (Wildman–Crippen MR) is 37.3 cm³/mol. The molecule has 8 heavy (non-hydrogen) atoms. The van der Waals surface area contributed by atoms with Gasteiger partial charge in [-0.05, 0) is 0 Å². The van der Waals surface area contributed by atoms with E-state index >= 15 is 0 Å². The second-order valence-corrected chi connectivity index (χ2v) is 5.06. The molecule has 0 aliphatic heterocycles. The molecule has 1 fully saturated rings. The van der Waals surface area contributed by atoms with Crippen LogP contribution in [0.4, 0.5) is 0 Å². The minimum atomic E-state index is 0.290. The van der Waals surface area contributed by atoms with Gasteiger partial charge in [-0.2, -0.15) is 0 Å². The van der Waals surface area contributed by atoms with Gasteiger partial charge in [0.25, 0.3) is 0 Å². The average molecular weight is 138 g/mol. The molecule has 1 aliphatic rings. The molecule has 0 N–H and O–H groups in total. The molecule has 0 saturated heterocycles. The van der Waals surface area contributed by atoms with E-state index in [1.54, 1.807) is 0 Å². The first kappa shape index (κ1) is 6.55. The lowest BCUT2D eigenvalue weighted by Gasteiger charge is -2.28. The molecule has 0 aromatic rings. The molecule has 0 aromatic carbocycles. The standard InChI is InChI=1S/C6H10Si2/c7-6(8)4-2-1-3-5-6/h1-5H2. The molecule has 0 nitrogen and oxygen atoms in total. The van der Waals surface area contributed by atoms with Crippen LogP contribution in [-0.4, -0.2) is 20.5 Å². The highest BCUT2D eigenvalue weighted by molar-refractivity contribution is 6.39.